The van der Waals surface area contributed by atoms with Crippen molar-refractivity contribution < 1.29 is 23.5 Å². The van der Waals surface area contributed by atoms with Crippen LogP contribution in [0.4, 0.5) is 10.1 Å². The Hall–Kier alpha value is -3.93. The Morgan fingerprint density at radius 1 is 0.931 bits per heavy atom. The first-order valence-electron chi connectivity index (χ1n) is 8.82. The van der Waals surface area contributed by atoms with Crippen LogP contribution < -0.4 is 10.1 Å². The van der Waals surface area contributed by atoms with Crippen LogP contribution in [-0.2, 0) is 14.3 Å². The molecule has 1 amide bonds. The number of carbonyl (C=O) groups excluding carboxylic acids is 2. The summed E-state index contributed by atoms with van der Waals surface area (Å²) < 4.78 is 23.8. The van der Waals surface area contributed by atoms with Gasteiger partial charge >= 0.3 is 5.97 Å². The highest BCUT2D eigenvalue weighted by Gasteiger charge is 2.10. The molecule has 0 aliphatic heterocycles. The van der Waals surface area contributed by atoms with Gasteiger partial charge < -0.3 is 14.8 Å². The van der Waals surface area contributed by atoms with Crippen molar-refractivity contribution in [1.82, 2.24) is 0 Å². The number of nitrogens with one attached hydrogen (secondary N) is 1. The first-order valence-corrected chi connectivity index (χ1v) is 8.82. The van der Waals surface area contributed by atoms with Crippen molar-refractivity contribution in [2.45, 2.75) is 0 Å². The number of benzene rings is 3. The number of carbonyl (C=O) groups is 2. The van der Waals surface area contributed by atoms with Crippen LogP contribution in [0, 0.1) is 5.82 Å². The quantitative estimate of drug-likeness (QED) is 0.464. The van der Waals surface area contributed by atoms with Gasteiger partial charge in [0.2, 0.25) is 0 Å². The molecule has 1 N–H and O–H groups in total. The van der Waals surface area contributed by atoms with E-state index in [1.165, 1.54) is 24.3 Å². The lowest BCUT2D eigenvalue weighted by Gasteiger charge is -2.12. The van der Waals surface area contributed by atoms with E-state index in [1.54, 1.807) is 42.5 Å². The molecule has 0 aliphatic carbocycles. The van der Waals surface area contributed by atoms with E-state index in [0.717, 1.165) is 6.08 Å². The van der Waals surface area contributed by atoms with Crippen LogP contribution in [0.25, 0.3) is 6.08 Å². The van der Waals surface area contributed by atoms with Crippen molar-refractivity contribution in [2.24, 2.45) is 0 Å². The maximum Gasteiger partial charge on any atom is 0.331 e. The van der Waals surface area contributed by atoms with E-state index < -0.39 is 24.3 Å². The van der Waals surface area contributed by atoms with Crippen LogP contribution in [0.3, 0.4) is 0 Å². The third kappa shape index (κ3) is 6.32. The maximum atomic E-state index is 13.1. The van der Waals surface area contributed by atoms with Gasteiger partial charge in [0.15, 0.2) is 12.4 Å². The minimum absolute atomic E-state index is 0.406. The molecule has 146 valence electrons. The molecule has 0 spiro atoms. The number of hydrogen-bond acceptors (Lipinski definition) is 4. The molecule has 0 aliphatic rings. The topological polar surface area (TPSA) is 64.6 Å². The number of ether oxygens (including phenoxy) is 2. The van der Waals surface area contributed by atoms with E-state index in [9.17, 15) is 14.0 Å². The third-order valence-corrected chi connectivity index (χ3v) is 3.74. The fraction of sp³-hybridized carbons (Fsp3) is 0.0435. The molecule has 0 heterocycles. The van der Waals surface area contributed by atoms with Gasteiger partial charge in [-0.25, -0.2) is 9.18 Å². The number of esters is 1. The summed E-state index contributed by atoms with van der Waals surface area (Å²) in [5, 5.41) is 2.65. The Bertz CT molecular complexity index is 1020. The summed E-state index contributed by atoms with van der Waals surface area (Å²) in [4.78, 5) is 23.9. The van der Waals surface area contributed by atoms with Crippen molar-refractivity contribution in [3.05, 3.63) is 96.3 Å². The second-order valence-electron chi connectivity index (χ2n) is 5.96. The molecule has 3 aromatic carbocycles. The van der Waals surface area contributed by atoms with Crippen LogP contribution in [0.15, 0.2) is 84.9 Å². The average molecular weight is 391 g/mol. The molecule has 0 atom stereocenters. The van der Waals surface area contributed by atoms with Crippen molar-refractivity contribution in [2.75, 3.05) is 11.9 Å². The fourth-order valence-corrected chi connectivity index (χ4v) is 2.42. The van der Waals surface area contributed by atoms with E-state index in [2.05, 4.69) is 5.32 Å². The first kappa shape index (κ1) is 19.8. The number of anilines is 1. The highest BCUT2D eigenvalue weighted by atomic mass is 19.1. The zero-order valence-electron chi connectivity index (χ0n) is 15.4. The molecule has 0 unspecified atom stereocenters. The highest BCUT2D eigenvalue weighted by Crippen LogP contribution is 2.28. The van der Waals surface area contributed by atoms with Crippen LogP contribution in [0.5, 0.6) is 11.5 Å². The molecule has 0 bridgehead atoms. The molecule has 0 aromatic heterocycles. The number of hydrogen-bond donors (Lipinski definition) is 1. The molecular weight excluding hydrogens is 373 g/mol. The molecule has 6 heteroatoms. The van der Waals surface area contributed by atoms with Gasteiger partial charge in [-0.3, -0.25) is 4.79 Å². The summed E-state index contributed by atoms with van der Waals surface area (Å²) in [6.45, 7) is -0.466. The standard InChI is InChI=1S/C23H18FNO4/c24-18-8-6-7-17(15-18)13-14-23(27)28-16-22(26)25-20-11-4-5-12-21(20)29-19-9-2-1-3-10-19/h1-15H,16H2,(H,25,26). The van der Waals surface area contributed by atoms with E-state index in [-0.39, 0.29) is 0 Å². The van der Waals surface area contributed by atoms with E-state index in [4.69, 9.17) is 9.47 Å². The fourth-order valence-electron chi connectivity index (χ4n) is 2.42. The van der Waals surface area contributed by atoms with Crippen LogP contribution >= 0.6 is 0 Å². The first-order chi connectivity index (χ1) is 14.1. The van der Waals surface area contributed by atoms with Crippen LogP contribution in [0.2, 0.25) is 0 Å². The predicted octanol–water partition coefficient (Wildman–Crippen LogP) is 4.81. The molecule has 29 heavy (non-hydrogen) atoms. The SMILES string of the molecule is O=C(COC(=O)C=Cc1cccc(F)c1)Nc1ccccc1Oc1ccccc1. The average Bonchev–Trinajstić information content (AvgIpc) is 2.73. The summed E-state index contributed by atoms with van der Waals surface area (Å²) >= 11 is 0. The van der Waals surface area contributed by atoms with Gasteiger partial charge in [0.1, 0.15) is 11.6 Å². The monoisotopic (exact) mass is 391 g/mol. The third-order valence-electron chi connectivity index (χ3n) is 3.74. The number of para-hydroxylation sites is 3. The van der Waals surface area contributed by atoms with Gasteiger partial charge in [0.25, 0.3) is 5.91 Å². The van der Waals surface area contributed by atoms with Gasteiger partial charge in [-0.2, -0.15) is 0 Å². The predicted molar refractivity (Wildman–Crippen MR) is 108 cm³/mol. The van der Waals surface area contributed by atoms with Gasteiger partial charge in [-0.1, -0.05) is 42.5 Å². The van der Waals surface area contributed by atoms with Crippen LogP contribution in [0.1, 0.15) is 5.56 Å². The van der Waals surface area contributed by atoms with Crippen LogP contribution in [-0.4, -0.2) is 18.5 Å². The lowest BCUT2D eigenvalue weighted by molar-refractivity contribution is -0.142. The summed E-state index contributed by atoms with van der Waals surface area (Å²) in [6.07, 6.45) is 2.54. The second-order valence-corrected chi connectivity index (χ2v) is 5.96. The Labute approximate surface area is 167 Å². The lowest BCUT2D eigenvalue weighted by atomic mass is 10.2. The number of halogens is 1. The minimum atomic E-state index is -0.710. The zero-order valence-corrected chi connectivity index (χ0v) is 15.4. The van der Waals surface area contributed by atoms with Crippen molar-refractivity contribution in [3.8, 4) is 11.5 Å². The Morgan fingerprint density at radius 3 is 2.48 bits per heavy atom. The lowest BCUT2D eigenvalue weighted by Crippen LogP contribution is -2.20. The van der Waals surface area contributed by atoms with Crippen molar-refractivity contribution in [1.29, 1.82) is 0 Å². The van der Waals surface area contributed by atoms with Gasteiger partial charge in [-0.15, -0.1) is 0 Å². The smallest absolute Gasteiger partial charge is 0.331 e. The molecule has 0 saturated carbocycles. The molecule has 3 aromatic rings. The summed E-state index contributed by atoms with van der Waals surface area (Å²) in [5.74, 6) is -0.538. The number of amides is 1. The second kappa shape index (κ2) is 9.85. The molecule has 3 rings (SSSR count). The van der Waals surface area contributed by atoms with Gasteiger partial charge in [0, 0.05) is 6.08 Å². The largest absolute Gasteiger partial charge is 0.455 e. The van der Waals surface area contributed by atoms with E-state index >= 15 is 0 Å². The Morgan fingerprint density at radius 2 is 1.69 bits per heavy atom. The molecular formula is C23H18FNO4. The van der Waals surface area contributed by atoms with E-state index in [1.807, 2.05) is 18.2 Å². The maximum absolute atomic E-state index is 13.1. The highest BCUT2D eigenvalue weighted by molar-refractivity contribution is 5.95. The van der Waals surface area contributed by atoms with Gasteiger partial charge in [-0.05, 0) is 48.0 Å². The molecule has 5 nitrogen and oxygen atoms in total. The zero-order chi connectivity index (χ0) is 20.5. The van der Waals surface area contributed by atoms with Gasteiger partial charge in [0.05, 0.1) is 5.69 Å². The normalized spacial score (nSPS) is 10.5. The van der Waals surface area contributed by atoms with E-state index in [0.29, 0.717) is 22.7 Å². The molecule has 0 radical (unpaired) electrons. The minimum Gasteiger partial charge on any atom is -0.455 e. The molecule has 0 saturated heterocycles. The summed E-state index contributed by atoms with van der Waals surface area (Å²) in [5.41, 5.74) is 0.964. The van der Waals surface area contributed by atoms with Crippen molar-refractivity contribution in [3.63, 3.8) is 0 Å². The molecule has 0 fully saturated rings. The number of rotatable bonds is 7. The summed E-state index contributed by atoms with van der Waals surface area (Å²) in [7, 11) is 0. The Kier molecular flexibility index (Phi) is 6.73. The Balaban J connectivity index is 1.54. The summed E-state index contributed by atoms with van der Waals surface area (Å²) in [6, 6.07) is 21.8. The van der Waals surface area contributed by atoms with Crippen molar-refractivity contribution >= 4 is 23.6 Å².